The predicted octanol–water partition coefficient (Wildman–Crippen LogP) is 3.62. The average molecular weight is 308 g/mol. The largest absolute Gasteiger partial charge is 0.497 e. The van der Waals surface area contributed by atoms with E-state index in [4.69, 9.17) is 15.2 Å². The van der Waals surface area contributed by atoms with Gasteiger partial charge in [-0.2, -0.15) is 0 Å². The molecule has 0 heterocycles. The number of nitrogens with two attached hydrogens (primary N) is 1. The normalized spacial score (nSPS) is 10.1. The van der Waals surface area contributed by atoms with E-state index in [0.717, 1.165) is 10.0 Å². The Labute approximate surface area is 115 Å². The molecule has 0 spiro atoms. The number of hydrogen-bond acceptors (Lipinski definition) is 3. The number of rotatable bonds is 4. The quantitative estimate of drug-likeness (QED) is 0.877. The van der Waals surface area contributed by atoms with Crippen LogP contribution in [0.25, 0.3) is 0 Å². The Morgan fingerprint density at radius 2 is 1.83 bits per heavy atom. The lowest BCUT2D eigenvalue weighted by Gasteiger charge is -2.10. The monoisotopic (exact) mass is 307 g/mol. The van der Waals surface area contributed by atoms with Gasteiger partial charge in [0.25, 0.3) is 0 Å². The summed E-state index contributed by atoms with van der Waals surface area (Å²) in [6.07, 6.45) is 0. The van der Waals surface area contributed by atoms with Crippen molar-refractivity contribution in [3.8, 4) is 11.5 Å². The summed E-state index contributed by atoms with van der Waals surface area (Å²) in [7, 11) is 1.60. The third-order valence-electron chi connectivity index (χ3n) is 2.49. The van der Waals surface area contributed by atoms with E-state index in [1.807, 2.05) is 30.3 Å². The fourth-order valence-corrected chi connectivity index (χ4v) is 1.97. The second kappa shape index (κ2) is 5.78. The van der Waals surface area contributed by atoms with Gasteiger partial charge in [0.2, 0.25) is 0 Å². The van der Waals surface area contributed by atoms with Gasteiger partial charge in [0.15, 0.2) is 0 Å². The molecule has 4 heteroatoms. The average Bonchev–Trinajstić information content (AvgIpc) is 2.37. The molecule has 18 heavy (non-hydrogen) atoms. The first-order valence-electron chi connectivity index (χ1n) is 5.50. The SMILES string of the molecule is COc1cc(N)cc(OCc2ccccc2Br)c1. The van der Waals surface area contributed by atoms with Crippen molar-refractivity contribution in [2.75, 3.05) is 12.8 Å². The smallest absolute Gasteiger partial charge is 0.125 e. The van der Waals surface area contributed by atoms with E-state index >= 15 is 0 Å². The van der Waals surface area contributed by atoms with Crippen LogP contribution < -0.4 is 15.2 Å². The van der Waals surface area contributed by atoms with Gasteiger partial charge in [-0.05, 0) is 6.07 Å². The second-order valence-electron chi connectivity index (χ2n) is 3.82. The summed E-state index contributed by atoms with van der Waals surface area (Å²) in [6.45, 7) is 0.480. The third-order valence-corrected chi connectivity index (χ3v) is 3.26. The maximum absolute atomic E-state index is 5.76. The minimum absolute atomic E-state index is 0.480. The predicted molar refractivity (Wildman–Crippen MR) is 75.9 cm³/mol. The van der Waals surface area contributed by atoms with E-state index in [0.29, 0.717) is 23.8 Å². The van der Waals surface area contributed by atoms with Crippen LogP contribution in [0.15, 0.2) is 46.9 Å². The minimum Gasteiger partial charge on any atom is -0.497 e. The van der Waals surface area contributed by atoms with Gasteiger partial charge in [0.05, 0.1) is 7.11 Å². The molecule has 0 aliphatic rings. The Kier molecular flexibility index (Phi) is 4.10. The molecule has 0 saturated carbocycles. The molecule has 2 aromatic rings. The lowest BCUT2D eigenvalue weighted by atomic mass is 10.2. The van der Waals surface area contributed by atoms with Gasteiger partial charge in [-0.15, -0.1) is 0 Å². The fourth-order valence-electron chi connectivity index (χ4n) is 1.57. The number of ether oxygens (including phenoxy) is 2. The summed E-state index contributed by atoms with van der Waals surface area (Å²) >= 11 is 3.48. The van der Waals surface area contributed by atoms with Crippen LogP contribution in [0.2, 0.25) is 0 Å². The molecule has 0 amide bonds. The van der Waals surface area contributed by atoms with Crippen LogP contribution >= 0.6 is 15.9 Å². The molecule has 2 rings (SSSR count). The Hall–Kier alpha value is -1.68. The number of benzene rings is 2. The Bertz CT molecular complexity index is 543. The van der Waals surface area contributed by atoms with Crippen molar-refractivity contribution in [1.29, 1.82) is 0 Å². The van der Waals surface area contributed by atoms with Crippen LogP contribution in [0, 0.1) is 0 Å². The summed E-state index contributed by atoms with van der Waals surface area (Å²) in [6, 6.07) is 13.3. The Morgan fingerprint density at radius 1 is 1.11 bits per heavy atom. The van der Waals surface area contributed by atoms with E-state index < -0.39 is 0 Å². The van der Waals surface area contributed by atoms with Crippen LogP contribution in [-0.2, 0) is 6.61 Å². The molecular formula is C14H14BrNO2. The Balaban J connectivity index is 2.11. The van der Waals surface area contributed by atoms with Gasteiger partial charge in [0, 0.05) is 33.9 Å². The topological polar surface area (TPSA) is 44.5 Å². The molecule has 0 fully saturated rings. The maximum atomic E-state index is 5.76. The zero-order valence-corrected chi connectivity index (χ0v) is 11.6. The highest BCUT2D eigenvalue weighted by Crippen LogP contribution is 2.25. The molecule has 2 N–H and O–H groups in total. The van der Waals surface area contributed by atoms with E-state index in [2.05, 4.69) is 15.9 Å². The van der Waals surface area contributed by atoms with Crippen LogP contribution in [0.4, 0.5) is 5.69 Å². The molecule has 94 valence electrons. The summed E-state index contributed by atoms with van der Waals surface area (Å²) in [5.74, 6) is 1.39. The van der Waals surface area contributed by atoms with Gasteiger partial charge >= 0.3 is 0 Å². The van der Waals surface area contributed by atoms with Gasteiger partial charge in [-0.1, -0.05) is 34.1 Å². The standard InChI is InChI=1S/C14H14BrNO2/c1-17-12-6-11(16)7-13(8-12)18-9-10-4-2-3-5-14(10)15/h2-8H,9,16H2,1H3. The highest BCUT2D eigenvalue weighted by molar-refractivity contribution is 9.10. The van der Waals surface area contributed by atoms with Crippen molar-refractivity contribution < 1.29 is 9.47 Å². The van der Waals surface area contributed by atoms with Crippen molar-refractivity contribution in [2.45, 2.75) is 6.61 Å². The van der Waals surface area contributed by atoms with E-state index in [1.54, 1.807) is 19.2 Å². The van der Waals surface area contributed by atoms with Crippen LogP contribution in [-0.4, -0.2) is 7.11 Å². The first kappa shape index (κ1) is 12.8. The molecule has 0 saturated heterocycles. The molecule has 0 bridgehead atoms. The summed E-state index contributed by atoms with van der Waals surface area (Å²) in [5.41, 5.74) is 7.47. The first-order valence-corrected chi connectivity index (χ1v) is 6.29. The molecule has 3 nitrogen and oxygen atoms in total. The second-order valence-corrected chi connectivity index (χ2v) is 4.68. The van der Waals surface area contributed by atoms with Crippen molar-refractivity contribution >= 4 is 21.6 Å². The third kappa shape index (κ3) is 3.17. The van der Waals surface area contributed by atoms with Crippen LogP contribution in [0.1, 0.15) is 5.56 Å². The fraction of sp³-hybridized carbons (Fsp3) is 0.143. The summed E-state index contributed by atoms with van der Waals surface area (Å²) in [4.78, 5) is 0. The van der Waals surface area contributed by atoms with Crippen molar-refractivity contribution in [3.63, 3.8) is 0 Å². The molecule has 0 radical (unpaired) electrons. The zero-order valence-electron chi connectivity index (χ0n) is 10.0. The van der Waals surface area contributed by atoms with Gasteiger partial charge in [0.1, 0.15) is 18.1 Å². The maximum Gasteiger partial charge on any atom is 0.125 e. The first-order chi connectivity index (χ1) is 8.69. The molecule has 0 atom stereocenters. The van der Waals surface area contributed by atoms with Gasteiger partial charge in [-0.3, -0.25) is 0 Å². The number of hydrogen-bond donors (Lipinski definition) is 1. The van der Waals surface area contributed by atoms with Gasteiger partial charge < -0.3 is 15.2 Å². The van der Waals surface area contributed by atoms with E-state index in [9.17, 15) is 0 Å². The molecule has 2 aromatic carbocycles. The number of halogens is 1. The molecule has 0 aliphatic carbocycles. The van der Waals surface area contributed by atoms with Gasteiger partial charge in [-0.25, -0.2) is 0 Å². The summed E-state index contributed by atoms with van der Waals surface area (Å²) in [5, 5.41) is 0. The molecule has 0 aliphatic heterocycles. The molecular weight excluding hydrogens is 294 g/mol. The van der Waals surface area contributed by atoms with E-state index in [1.165, 1.54) is 0 Å². The minimum atomic E-state index is 0.480. The lowest BCUT2D eigenvalue weighted by molar-refractivity contribution is 0.303. The highest BCUT2D eigenvalue weighted by atomic mass is 79.9. The number of anilines is 1. The van der Waals surface area contributed by atoms with Crippen molar-refractivity contribution in [2.24, 2.45) is 0 Å². The number of methoxy groups -OCH3 is 1. The molecule has 0 unspecified atom stereocenters. The lowest BCUT2D eigenvalue weighted by Crippen LogP contribution is -1.98. The van der Waals surface area contributed by atoms with Crippen molar-refractivity contribution in [3.05, 3.63) is 52.5 Å². The van der Waals surface area contributed by atoms with Crippen LogP contribution in [0.5, 0.6) is 11.5 Å². The Morgan fingerprint density at radius 3 is 2.56 bits per heavy atom. The zero-order chi connectivity index (χ0) is 13.0. The highest BCUT2D eigenvalue weighted by Gasteiger charge is 2.03. The molecule has 0 aromatic heterocycles. The van der Waals surface area contributed by atoms with Crippen LogP contribution in [0.3, 0.4) is 0 Å². The van der Waals surface area contributed by atoms with E-state index in [-0.39, 0.29) is 0 Å². The number of nitrogen functional groups attached to an aromatic ring is 1. The van der Waals surface area contributed by atoms with Crippen molar-refractivity contribution in [1.82, 2.24) is 0 Å². The summed E-state index contributed by atoms with van der Waals surface area (Å²) < 4.78 is 11.9.